The summed E-state index contributed by atoms with van der Waals surface area (Å²) < 4.78 is 2.32. The standard InChI is InChI=1S/C57H42N4/c1-56(2)47-29-14-11-26-44(47)50-45(27-17-30-48(50)56)54-58-53(37-21-16-20-36(34-37)39-23-9-8-22-38(39)35-18-6-5-7-19-35)59-55(60-54)61-49-31-15-12-25-41(49)43-33-32-42-40-24-10-13-28-46(40)57(3,4)51(42)52(43)61/h5-34H,1-4H3. The first kappa shape index (κ1) is 35.5. The second kappa shape index (κ2) is 13.0. The summed E-state index contributed by atoms with van der Waals surface area (Å²) in [5.74, 6) is 1.88. The molecule has 2 aliphatic rings. The van der Waals surface area contributed by atoms with Gasteiger partial charge in [-0.3, -0.25) is 4.57 Å². The molecule has 8 aromatic carbocycles. The van der Waals surface area contributed by atoms with Crippen LogP contribution < -0.4 is 0 Å². The second-order valence-electron chi connectivity index (χ2n) is 17.6. The van der Waals surface area contributed by atoms with Crippen LogP contribution in [0.4, 0.5) is 0 Å². The van der Waals surface area contributed by atoms with Crippen molar-refractivity contribution in [3.05, 3.63) is 204 Å². The first-order valence-electron chi connectivity index (χ1n) is 21.2. The van der Waals surface area contributed by atoms with Gasteiger partial charge in [0.25, 0.3) is 0 Å². The lowest BCUT2D eigenvalue weighted by molar-refractivity contribution is 0.660. The van der Waals surface area contributed by atoms with Gasteiger partial charge in [-0.2, -0.15) is 9.97 Å². The number of nitrogens with zero attached hydrogens (tertiary/aromatic N) is 4. The molecule has 0 bridgehead atoms. The number of hydrogen-bond donors (Lipinski definition) is 0. The minimum atomic E-state index is -0.258. The van der Waals surface area contributed by atoms with Crippen LogP contribution in [0.5, 0.6) is 0 Å². The van der Waals surface area contributed by atoms with E-state index in [2.05, 4.69) is 214 Å². The smallest absolute Gasteiger partial charge is 0.238 e. The molecule has 0 spiro atoms. The summed E-state index contributed by atoms with van der Waals surface area (Å²) in [6.45, 7) is 9.36. The molecule has 0 fully saturated rings. The van der Waals surface area contributed by atoms with Crippen LogP contribution in [0.25, 0.3) is 95.0 Å². The van der Waals surface area contributed by atoms with Crippen LogP contribution >= 0.6 is 0 Å². The van der Waals surface area contributed by atoms with Crippen molar-refractivity contribution in [2.24, 2.45) is 0 Å². The maximum Gasteiger partial charge on any atom is 0.238 e. The Morgan fingerprint density at radius 1 is 0.377 bits per heavy atom. The molecule has 0 atom stereocenters. The molecule has 4 heteroatoms. The highest BCUT2D eigenvalue weighted by atomic mass is 15.2. The number of hydrogen-bond acceptors (Lipinski definition) is 3. The van der Waals surface area contributed by atoms with Crippen LogP contribution in [-0.4, -0.2) is 19.5 Å². The first-order chi connectivity index (χ1) is 29.8. The molecule has 0 N–H and O–H groups in total. The summed E-state index contributed by atoms with van der Waals surface area (Å²) in [5, 5.41) is 2.36. The molecule has 61 heavy (non-hydrogen) atoms. The van der Waals surface area contributed by atoms with Gasteiger partial charge >= 0.3 is 0 Å². The van der Waals surface area contributed by atoms with Crippen LogP contribution in [0.3, 0.4) is 0 Å². The van der Waals surface area contributed by atoms with Crippen LogP contribution in [0, 0.1) is 0 Å². The van der Waals surface area contributed by atoms with E-state index in [1.165, 1.54) is 66.4 Å². The highest BCUT2D eigenvalue weighted by Gasteiger charge is 2.40. The Balaban J connectivity index is 1.15. The lowest BCUT2D eigenvalue weighted by Gasteiger charge is -2.23. The van der Waals surface area contributed by atoms with Gasteiger partial charge in [0, 0.05) is 32.7 Å². The van der Waals surface area contributed by atoms with Crippen molar-refractivity contribution in [2.75, 3.05) is 0 Å². The Bertz CT molecular complexity index is 3420. The summed E-state index contributed by atoms with van der Waals surface area (Å²) in [6.07, 6.45) is 0. The molecular weight excluding hydrogens is 741 g/mol. The van der Waals surface area contributed by atoms with Gasteiger partial charge in [0.05, 0.1) is 11.0 Å². The van der Waals surface area contributed by atoms with Crippen molar-refractivity contribution >= 4 is 21.8 Å². The quantitative estimate of drug-likeness (QED) is 0.175. The van der Waals surface area contributed by atoms with Crippen molar-refractivity contribution < 1.29 is 0 Å². The highest BCUT2D eigenvalue weighted by Crippen LogP contribution is 2.54. The van der Waals surface area contributed by atoms with Gasteiger partial charge in [0.2, 0.25) is 5.95 Å². The largest absolute Gasteiger partial charge is 0.277 e. The molecule has 0 aliphatic heterocycles. The normalized spacial score (nSPS) is 14.2. The molecule has 4 nitrogen and oxygen atoms in total. The molecule has 10 aromatic rings. The molecule has 290 valence electrons. The molecule has 0 unspecified atom stereocenters. The van der Waals surface area contributed by atoms with Crippen molar-refractivity contribution in [2.45, 2.75) is 38.5 Å². The van der Waals surface area contributed by atoms with Crippen molar-refractivity contribution in [3.8, 4) is 73.2 Å². The van der Waals surface area contributed by atoms with Gasteiger partial charge in [-0.1, -0.05) is 198 Å². The maximum atomic E-state index is 5.57. The van der Waals surface area contributed by atoms with Crippen molar-refractivity contribution in [3.63, 3.8) is 0 Å². The summed E-state index contributed by atoms with van der Waals surface area (Å²) in [6, 6.07) is 65.5. The zero-order valence-electron chi connectivity index (χ0n) is 34.6. The minimum absolute atomic E-state index is 0.172. The van der Waals surface area contributed by atoms with Crippen LogP contribution in [0.1, 0.15) is 49.9 Å². The molecule has 2 heterocycles. The van der Waals surface area contributed by atoms with Crippen molar-refractivity contribution in [1.82, 2.24) is 19.5 Å². The molecule has 12 rings (SSSR count). The number of fused-ring (bicyclic) bond motifs is 10. The highest BCUT2D eigenvalue weighted by molar-refractivity contribution is 6.13. The number of para-hydroxylation sites is 1. The molecule has 0 radical (unpaired) electrons. The van der Waals surface area contributed by atoms with Crippen LogP contribution in [-0.2, 0) is 10.8 Å². The van der Waals surface area contributed by atoms with Gasteiger partial charge in [0.15, 0.2) is 11.6 Å². The van der Waals surface area contributed by atoms with Gasteiger partial charge in [-0.25, -0.2) is 4.98 Å². The average molecular weight is 783 g/mol. The summed E-state index contributed by atoms with van der Waals surface area (Å²) >= 11 is 0. The van der Waals surface area contributed by atoms with E-state index in [9.17, 15) is 0 Å². The minimum Gasteiger partial charge on any atom is -0.277 e. The van der Waals surface area contributed by atoms with Gasteiger partial charge < -0.3 is 0 Å². The van der Waals surface area contributed by atoms with E-state index in [1.54, 1.807) is 0 Å². The third kappa shape index (κ3) is 5.15. The molecule has 2 aromatic heterocycles. The van der Waals surface area contributed by atoms with E-state index in [4.69, 9.17) is 15.0 Å². The Morgan fingerprint density at radius 2 is 0.951 bits per heavy atom. The average Bonchev–Trinajstić information content (AvgIpc) is 3.86. The first-order valence-corrected chi connectivity index (χ1v) is 21.2. The summed E-state index contributed by atoms with van der Waals surface area (Å²) in [7, 11) is 0. The second-order valence-corrected chi connectivity index (χ2v) is 17.6. The topological polar surface area (TPSA) is 43.6 Å². The third-order valence-corrected chi connectivity index (χ3v) is 13.5. The molecular formula is C57H42N4. The van der Waals surface area contributed by atoms with Gasteiger partial charge in [0.1, 0.15) is 0 Å². The summed E-state index contributed by atoms with van der Waals surface area (Å²) in [5.41, 5.74) is 18.5. The van der Waals surface area contributed by atoms with E-state index in [0.29, 0.717) is 17.6 Å². The van der Waals surface area contributed by atoms with Crippen LogP contribution in [0.15, 0.2) is 182 Å². The number of rotatable bonds is 5. The fraction of sp³-hybridized carbons (Fsp3) is 0.105. The lowest BCUT2D eigenvalue weighted by atomic mass is 9.81. The molecule has 2 aliphatic carbocycles. The lowest BCUT2D eigenvalue weighted by Crippen LogP contribution is -2.17. The number of aromatic nitrogens is 4. The SMILES string of the molecule is CC1(C)c2ccccc2-c2c(-c3nc(-c4cccc(-c5ccccc5-c5ccccc5)c4)nc(-n4c5ccccc5c5ccc6c(c54)C(C)(C)c4ccccc4-6)n3)cccc21. The van der Waals surface area contributed by atoms with E-state index in [-0.39, 0.29) is 10.8 Å². The maximum absolute atomic E-state index is 5.57. The summed E-state index contributed by atoms with van der Waals surface area (Å²) in [4.78, 5) is 16.5. The Hall–Kier alpha value is -7.43. The van der Waals surface area contributed by atoms with Crippen LogP contribution in [0.2, 0.25) is 0 Å². The predicted octanol–water partition coefficient (Wildman–Crippen LogP) is 14.2. The zero-order valence-corrected chi connectivity index (χ0v) is 34.6. The fourth-order valence-electron chi connectivity index (χ4n) is 10.6. The van der Waals surface area contributed by atoms with Crippen molar-refractivity contribution in [1.29, 1.82) is 0 Å². The monoisotopic (exact) mass is 782 g/mol. The van der Waals surface area contributed by atoms with Gasteiger partial charge in [-0.05, 0) is 78.9 Å². The van der Waals surface area contributed by atoms with E-state index in [1.807, 2.05) is 0 Å². The van der Waals surface area contributed by atoms with E-state index < -0.39 is 0 Å². The zero-order chi connectivity index (χ0) is 41.0. The number of benzene rings is 8. The fourth-order valence-corrected chi connectivity index (χ4v) is 10.6. The Morgan fingerprint density at radius 3 is 1.75 bits per heavy atom. The van der Waals surface area contributed by atoms with E-state index >= 15 is 0 Å². The Kier molecular flexibility index (Phi) is 7.59. The van der Waals surface area contributed by atoms with E-state index in [0.717, 1.165) is 33.3 Å². The molecule has 0 amide bonds. The third-order valence-electron chi connectivity index (χ3n) is 13.5. The van der Waals surface area contributed by atoms with Gasteiger partial charge in [-0.15, -0.1) is 0 Å². The Labute approximate surface area is 355 Å². The molecule has 0 saturated carbocycles. The predicted molar refractivity (Wildman–Crippen MR) is 251 cm³/mol. The molecule has 0 saturated heterocycles.